The average molecular weight is 483 g/mol. The van der Waals surface area contributed by atoms with Crippen molar-refractivity contribution < 1.29 is 19.4 Å². The third-order valence-corrected chi connectivity index (χ3v) is 5.08. The number of hydrogen-bond donors (Lipinski definition) is 2. The molecular formula is C22H19BrN4O4. The Kier molecular flexibility index (Phi) is 5.14. The van der Waals surface area contributed by atoms with Gasteiger partial charge in [-0.2, -0.15) is 0 Å². The number of carbonyl (C=O) groups excluding carboxylic acids is 1. The third-order valence-electron chi connectivity index (χ3n) is 4.44. The van der Waals surface area contributed by atoms with Gasteiger partial charge in [-0.25, -0.2) is 24.1 Å². The van der Waals surface area contributed by atoms with Crippen molar-refractivity contribution in [2.75, 3.05) is 5.32 Å². The van der Waals surface area contributed by atoms with Crippen LogP contribution in [0, 0.1) is 0 Å². The molecule has 3 aromatic heterocycles. The van der Waals surface area contributed by atoms with Crippen LogP contribution in [0.2, 0.25) is 0 Å². The zero-order valence-electron chi connectivity index (χ0n) is 17.0. The predicted octanol–water partition coefficient (Wildman–Crippen LogP) is 5.89. The normalized spacial score (nSPS) is 11.6. The summed E-state index contributed by atoms with van der Waals surface area (Å²) in [6.07, 6.45) is 1.30. The van der Waals surface area contributed by atoms with Crippen LogP contribution in [0.15, 0.2) is 53.3 Å². The molecule has 0 bridgehead atoms. The molecule has 2 N–H and O–H groups in total. The molecule has 31 heavy (non-hydrogen) atoms. The van der Waals surface area contributed by atoms with Crippen molar-refractivity contribution in [1.82, 2.24) is 14.5 Å². The number of ether oxygens (including phenoxy) is 1. The van der Waals surface area contributed by atoms with Crippen molar-refractivity contribution in [3.8, 4) is 11.3 Å². The number of hydrogen-bond acceptors (Lipinski definition) is 5. The molecule has 0 spiro atoms. The molecule has 0 aliphatic rings. The van der Waals surface area contributed by atoms with E-state index in [1.54, 1.807) is 33.0 Å². The van der Waals surface area contributed by atoms with Crippen molar-refractivity contribution >= 4 is 55.7 Å². The molecule has 0 saturated heterocycles. The number of pyridine rings is 2. The lowest BCUT2D eigenvalue weighted by atomic mass is 10.0. The summed E-state index contributed by atoms with van der Waals surface area (Å²) in [6.45, 7) is 5.36. The minimum Gasteiger partial charge on any atom is -0.464 e. The summed E-state index contributed by atoms with van der Waals surface area (Å²) in [6, 6.07) is 11.2. The second-order valence-electron chi connectivity index (χ2n) is 7.93. The highest BCUT2D eigenvalue weighted by Gasteiger charge is 2.19. The maximum atomic E-state index is 12.2. The van der Waals surface area contributed by atoms with Crippen molar-refractivity contribution in [2.24, 2.45) is 0 Å². The first-order chi connectivity index (χ1) is 14.6. The molecule has 0 radical (unpaired) electrons. The SMILES string of the molecule is CC(C)(C)OC(=O)Nc1cc2ccccc2c(-c2cnc3c(c2)c(Br)cn3C(=O)O)n1. The molecular weight excluding hydrogens is 464 g/mol. The number of carbonyl (C=O) groups is 2. The highest BCUT2D eigenvalue weighted by atomic mass is 79.9. The van der Waals surface area contributed by atoms with Crippen LogP contribution < -0.4 is 5.32 Å². The van der Waals surface area contributed by atoms with Crippen LogP contribution in [0.4, 0.5) is 15.4 Å². The molecule has 158 valence electrons. The Morgan fingerprint density at radius 2 is 1.90 bits per heavy atom. The highest BCUT2D eigenvalue weighted by molar-refractivity contribution is 9.10. The first-order valence-corrected chi connectivity index (χ1v) is 10.2. The van der Waals surface area contributed by atoms with Gasteiger partial charge in [-0.05, 0) is 54.2 Å². The maximum absolute atomic E-state index is 12.2. The number of anilines is 1. The van der Waals surface area contributed by atoms with Gasteiger partial charge in [-0.1, -0.05) is 24.3 Å². The van der Waals surface area contributed by atoms with Crippen LogP contribution in [0.1, 0.15) is 20.8 Å². The lowest BCUT2D eigenvalue weighted by Gasteiger charge is -2.19. The quantitative estimate of drug-likeness (QED) is 0.369. The van der Waals surface area contributed by atoms with Crippen LogP contribution in [0.3, 0.4) is 0 Å². The number of aromatic nitrogens is 3. The molecule has 3 heterocycles. The van der Waals surface area contributed by atoms with E-state index >= 15 is 0 Å². The Balaban J connectivity index is 1.84. The van der Waals surface area contributed by atoms with Gasteiger partial charge >= 0.3 is 12.2 Å². The van der Waals surface area contributed by atoms with Gasteiger partial charge in [-0.15, -0.1) is 0 Å². The highest BCUT2D eigenvalue weighted by Crippen LogP contribution is 2.33. The number of benzene rings is 1. The lowest BCUT2D eigenvalue weighted by Crippen LogP contribution is -2.27. The zero-order valence-corrected chi connectivity index (χ0v) is 18.6. The van der Waals surface area contributed by atoms with Crippen LogP contribution in [0.5, 0.6) is 0 Å². The van der Waals surface area contributed by atoms with Crippen molar-refractivity contribution in [2.45, 2.75) is 26.4 Å². The Bertz CT molecular complexity index is 1340. The number of halogens is 1. The standard InChI is InChI=1S/C22H19BrN4O4/c1-22(2,3)31-20(28)26-17-9-12-6-4-5-7-14(12)18(25-17)13-8-15-16(23)11-27(21(29)30)19(15)24-10-13/h4-11H,1-3H3,(H,29,30)(H,25,26,28). The summed E-state index contributed by atoms with van der Waals surface area (Å²) in [5.74, 6) is 0.338. The predicted molar refractivity (Wildman–Crippen MR) is 121 cm³/mol. The van der Waals surface area contributed by atoms with E-state index in [0.29, 0.717) is 32.6 Å². The summed E-state index contributed by atoms with van der Waals surface area (Å²) in [5, 5.41) is 14.4. The van der Waals surface area contributed by atoms with Gasteiger partial charge in [0.25, 0.3) is 0 Å². The molecule has 0 fully saturated rings. The summed E-state index contributed by atoms with van der Waals surface area (Å²) >= 11 is 3.40. The van der Waals surface area contributed by atoms with E-state index in [0.717, 1.165) is 15.3 Å². The first kappa shape index (κ1) is 20.8. The third kappa shape index (κ3) is 4.22. The fourth-order valence-corrected chi connectivity index (χ4v) is 3.73. The van der Waals surface area contributed by atoms with Crippen LogP contribution >= 0.6 is 15.9 Å². The molecule has 0 unspecified atom stereocenters. The summed E-state index contributed by atoms with van der Waals surface area (Å²) < 4.78 is 6.99. The van der Waals surface area contributed by atoms with E-state index in [-0.39, 0.29) is 0 Å². The Labute approximate surface area is 186 Å². The zero-order chi connectivity index (χ0) is 22.3. The van der Waals surface area contributed by atoms with Gasteiger partial charge < -0.3 is 9.84 Å². The maximum Gasteiger partial charge on any atom is 0.417 e. The van der Waals surface area contributed by atoms with E-state index in [9.17, 15) is 14.7 Å². The topological polar surface area (TPSA) is 106 Å². The summed E-state index contributed by atoms with van der Waals surface area (Å²) in [5.41, 5.74) is 0.965. The Morgan fingerprint density at radius 3 is 2.61 bits per heavy atom. The Morgan fingerprint density at radius 1 is 1.16 bits per heavy atom. The summed E-state index contributed by atoms with van der Waals surface area (Å²) in [7, 11) is 0. The van der Waals surface area contributed by atoms with E-state index in [4.69, 9.17) is 4.74 Å². The fraction of sp³-hybridized carbons (Fsp3) is 0.182. The molecule has 0 aliphatic carbocycles. The number of carboxylic acid groups (broad SMARTS) is 1. The van der Waals surface area contributed by atoms with Gasteiger partial charge in [0, 0.05) is 33.2 Å². The molecule has 1 amide bonds. The van der Waals surface area contributed by atoms with Gasteiger partial charge in [0.05, 0.1) is 5.69 Å². The van der Waals surface area contributed by atoms with E-state index in [2.05, 4.69) is 31.2 Å². The molecule has 0 aliphatic heterocycles. The number of nitrogens with zero attached hydrogens (tertiary/aromatic N) is 3. The first-order valence-electron chi connectivity index (χ1n) is 9.42. The molecule has 4 aromatic rings. The lowest BCUT2D eigenvalue weighted by molar-refractivity contribution is 0.0635. The largest absolute Gasteiger partial charge is 0.464 e. The van der Waals surface area contributed by atoms with Gasteiger partial charge in [0.15, 0.2) is 5.65 Å². The van der Waals surface area contributed by atoms with Crippen molar-refractivity contribution in [1.29, 1.82) is 0 Å². The second-order valence-corrected chi connectivity index (χ2v) is 8.78. The number of rotatable bonds is 2. The minimum atomic E-state index is -1.12. The number of amides is 1. The van der Waals surface area contributed by atoms with E-state index < -0.39 is 17.8 Å². The van der Waals surface area contributed by atoms with E-state index in [1.807, 2.05) is 30.3 Å². The molecule has 0 atom stereocenters. The minimum absolute atomic E-state index is 0.315. The fourth-order valence-electron chi connectivity index (χ4n) is 3.24. The average Bonchev–Trinajstić information content (AvgIpc) is 3.02. The Hall–Kier alpha value is -3.46. The number of fused-ring (bicyclic) bond motifs is 2. The summed E-state index contributed by atoms with van der Waals surface area (Å²) in [4.78, 5) is 32.7. The molecule has 9 heteroatoms. The van der Waals surface area contributed by atoms with Crippen LogP contribution in [-0.2, 0) is 4.74 Å². The van der Waals surface area contributed by atoms with Crippen molar-refractivity contribution in [3.05, 3.63) is 53.3 Å². The van der Waals surface area contributed by atoms with Gasteiger partial charge in [0.1, 0.15) is 11.4 Å². The van der Waals surface area contributed by atoms with Crippen LogP contribution in [0.25, 0.3) is 33.1 Å². The smallest absolute Gasteiger partial charge is 0.417 e. The molecule has 1 aromatic carbocycles. The molecule has 8 nitrogen and oxygen atoms in total. The van der Waals surface area contributed by atoms with Crippen LogP contribution in [-0.4, -0.2) is 37.4 Å². The molecule has 0 saturated carbocycles. The van der Waals surface area contributed by atoms with Crippen molar-refractivity contribution in [3.63, 3.8) is 0 Å². The monoisotopic (exact) mass is 482 g/mol. The van der Waals surface area contributed by atoms with Gasteiger partial charge in [-0.3, -0.25) is 5.32 Å². The van der Waals surface area contributed by atoms with Gasteiger partial charge in [0.2, 0.25) is 0 Å². The number of nitrogens with one attached hydrogen (secondary N) is 1. The molecule has 4 rings (SSSR count). The second kappa shape index (κ2) is 7.66. The van der Waals surface area contributed by atoms with E-state index in [1.165, 1.54) is 6.20 Å².